The Bertz CT molecular complexity index is 1140. The summed E-state index contributed by atoms with van der Waals surface area (Å²) in [5.74, 6) is -2.82. The Balaban J connectivity index is 1.78. The predicted octanol–water partition coefficient (Wildman–Crippen LogP) is 0.708. The number of pyridine rings is 1. The topological polar surface area (TPSA) is 134 Å². The number of sulfonamides is 1. The molecular formula is C16H14F2N4O6S. The second-order valence-electron chi connectivity index (χ2n) is 6.13. The number of hydrogen-bond donors (Lipinski definition) is 1. The molecule has 0 saturated carbocycles. The molecule has 1 fully saturated rings. The smallest absolute Gasteiger partial charge is 0.286 e. The summed E-state index contributed by atoms with van der Waals surface area (Å²) in [6.07, 6.45) is 0.858. The number of carbonyl (C=O) groups is 1. The molecule has 29 heavy (non-hydrogen) atoms. The third kappa shape index (κ3) is 4.00. The van der Waals surface area contributed by atoms with Crippen LogP contribution in [0.2, 0.25) is 0 Å². The van der Waals surface area contributed by atoms with Crippen LogP contribution in [-0.4, -0.2) is 59.6 Å². The molecule has 0 bridgehead atoms. The maximum atomic E-state index is 13.9. The summed E-state index contributed by atoms with van der Waals surface area (Å²) < 4.78 is 53.2. The van der Waals surface area contributed by atoms with Crippen molar-refractivity contribution in [3.05, 3.63) is 68.1 Å². The average Bonchev–Trinajstić information content (AvgIpc) is 2.69. The maximum absolute atomic E-state index is 13.9. The molecule has 1 aliphatic rings. The lowest BCUT2D eigenvalue weighted by atomic mass is 10.2. The van der Waals surface area contributed by atoms with Crippen LogP contribution in [0.3, 0.4) is 0 Å². The Morgan fingerprint density at radius 1 is 1.14 bits per heavy atom. The number of aromatic nitrogens is 1. The van der Waals surface area contributed by atoms with Gasteiger partial charge in [-0.25, -0.2) is 17.2 Å². The monoisotopic (exact) mass is 428 g/mol. The van der Waals surface area contributed by atoms with E-state index in [0.717, 1.165) is 27.5 Å². The number of halogens is 2. The van der Waals surface area contributed by atoms with E-state index in [2.05, 4.69) is 4.98 Å². The molecule has 0 radical (unpaired) electrons. The molecule has 1 amide bonds. The second-order valence-corrected chi connectivity index (χ2v) is 8.04. The Morgan fingerprint density at radius 3 is 2.41 bits per heavy atom. The number of nitro groups is 1. The van der Waals surface area contributed by atoms with E-state index < -0.39 is 54.2 Å². The second kappa shape index (κ2) is 7.67. The minimum Gasteiger partial charge on any atom is -0.336 e. The summed E-state index contributed by atoms with van der Waals surface area (Å²) in [7, 11) is -4.33. The van der Waals surface area contributed by atoms with Gasteiger partial charge in [0.1, 0.15) is 22.1 Å². The maximum Gasteiger partial charge on any atom is 0.286 e. The van der Waals surface area contributed by atoms with E-state index in [1.54, 1.807) is 0 Å². The molecule has 0 unspecified atom stereocenters. The summed E-state index contributed by atoms with van der Waals surface area (Å²) in [6, 6.07) is 2.91. The average molecular weight is 428 g/mol. The van der Waals surface area contributed by atoms with Crippen molar-refractivity contribution >= 4 is 21.6 Å². The fourth-order valence-electron chi connectivity index (χ4n) is 2.85. The molecule has 2 aromatic rings. The molecule has 1 aliphatic heterocycles. The van der Waals surface area contributed by atoms with E-state index in [9.17, 15) is 36.9 Å². The van der Waals surface area contributed by atoms with Gasteiger partial charge in [-0.2, -0.15) is 4.31 Å². The molecule has 0 aliphatic carbocycles. The van der Waals surface area contributed by atoms with Gasteiger partial charge in [-0.3, -0.25) is 19.7 Å². The minimum absolute atomic E-state index is 0.142. The Hall–Kier alpha value is -3.19. The van der Waals surface area contributed by atoms with Gasteiger partial charge < -0.3 is 9.88 Å². The van der Waals surface area contributed by atoms with E-state index >= 15 is 0 Å². The van der Waals surface area contributed by atoms with Crippen molar-refractivity contribution in [2.45, 2.75) is 4.90 Å². The molecule has 3 rings (SSSR count). The van der Waals surface area contributed by atoms with Crippen LogP contribution >= 0.6 is 0 Å². The molecule has 10 nitrogen and oxygen atoms in total. The van der Waals surface area contributed by atoms with Crippen LogP contribution in [0.15, 0.2) is 40.2 Å². The van der Waals surface area contributed by atoms with E-state index in [4.69, 9.17) is 0 Å². The van der Waals surface area contributed by atoms with Gasteiger partial charge in [0.05, 0.1) is 11.1 Å². The molecule has 0 spiro atoms. The number of nitrogens with one attached hydrogen (secondary N) is 1. The van der Waals surface area contributed by atoms with Gasteiger partial charge in [0.15, 0.2) is 0 Å². The number of nitrogens with zero attached hydrogens (tertiary/aromatic N) is 3. The van der Waals surface area contributed by atoms with Gasteiger partial charge in [-0.05, 0) is 18.2 Å². The van der Waals surface area contributed by atoms with E-state index in [0.29, 0.717) is 12.1 Å². The zero-order valence-electron chi connectivity index (χ0n) is 14.7. The van der Waals surface area contributed by atoms with E-state index in [-0.39, 0.29) is 26.2 Å². The van der Waals surface area contributed by atoms with Gasteiger partial charge >= 0.3 is 0 Å². The van der Waals surface area contributed by atoms with Crippen LogP contribution in [0, 0.1) is 21.7 Å². The third-order valence-electron chi connectivity index (χ3n) is 4.37. The zero-order valence-corrected chi connectivity index (χ0v) is 15.5. The van der Waals surface area contributed by atoms with E-state index in [1.807, 2.05) is 0 Å². The number of piperazine rings is 1. The van der Waals surface area contributed by atoms with Crippen LogP contribution in [0.5, 0.6) is 0 Å². The molecule has 1 N–H and O–H groups in total. The highest BCUT2D eigenvalue weighted by Gasteiger charge is 2.33. The van der Waals surface area contributed by atoms with Gasteiger partial charge in [-0.1, -0.05) is 0 Å². The molecule has 13 heteroatoms. The molecule has 0 atom stereocenters. The van der Waals surface area contributed by atoms with Crippen molar-refractivity contribution in [3.63, 3.8) is 0 Å². The number of benzene rings is 1. The number of hydrogen-bond acceptors (Lipinski definition) is 6. The lowest BCUT2D eigenvalue weighted by Gasteiger charge is -2.33. The SMILES string of the molecule is O=C(c1cc([N+](=O)[O-])c[nH]c1=O)N1CCN(S(=O)(=O)c2cc(F)ccc2F)CC1. The number of rotatable bonds is 4. The lowest BCUT2D eigenvalue weighted by molar-refractivity contribution is -0.385. The first kappa shape index (κ1) is 20.5. The van der Waals surface area contributed by atoms with Gasteiger partial charge in [-0.15, -0.1) is 0 Å². The van der Waals surface area contributed by atoms with Crippen molar-refractivity contribution in [1.82, 2.24) is 14.2 Å². The van der Waals surface area contributed by atoms with Gasteiger partial charge in [0.2, 0.25) is 10.0 Å². The fourth-order valence-corrected chi connectivity index (χ4v) is 4.35. The first-order chi connectivity index (χ1) is 13.6. The van der Waals surface area contributed by atoms with Crippen LogP contribution in [0.1, 0.15) is 10.4 Å². The molecule has 154 valence electrons. The number of carbonyl (C=O) groups excluding carboxylic acids is 1. The van der Waals surface area contributed by atoms with Crippen molar-refractivity contribution in [2.75, 3.05) is 26.2 Å². The van der Waals surface area contributed by atoms with Crippen molar-refractivity contribution in [3.8, 4) is 0 Å². The molecule has 1 aromatic carbocycles. The van der Waals surface area contributed by atoms with Crippen molar-refractivity contribution < 1.29 is 26.9 Å². The molecule has 2 heterocycles. The van der Waals surface area contributed by atoms with Crippen LogP contribution in [0.25, 0.3) is 0 Å². The summed E-state index contributed by atoms with van der Waals surface area (Å²) in [5.41, 5.74) is -1.75. The quantitative estimate of drug-likeness (QED) is 0.563. The number of H-pyrrole nitrogens is 1. The van der Waals surface area contributed by atoms with E-state index in [1.165, 1.54) is 0 Å². The largest absolute Gasteiger partial charge is 0.336 e. The Kier molecular flexibility index (Phi) is 5.44. The fraction of sp³-hybridized carbons (Fsp3) is 0.250. The summed E-state index contributed by atoms with van der Waals surface area (Å²) in [6.45, 7) is -0.734. The summed E-state index contributed by atoms with van der Waals surface area (Å²) >= 11 is 0. The normalized spacial score (nSPS) is 15.3. The Morgan fingerprint density at radius 2 is 1.79 bits per heavy atom. The molecule has 1 saturated heterocycles. The highest BCUT2D eigenvalue weighted by Crippen LogP contribution is 2.22. The van der Waals surface area contributed by atoms with Crippen LogP contribution in [-0.2, 0) is 10.0 Å². The minimum atomic E-state index is -4.33. The number of amides is 1. The van der Waals surface area contributed by atoms with Crippen molar-refractivity contribution in [2.24, 2.45) is 0 Å². The predicted molar refractivity (Wildman–Crippen MR) is 94.7 cm³/mol. The first-order valence-electron chi connectivity index (χ1n) is 8.23. The number of aromatic amines is 1. The highest BCUT2D eigenvalue weighted by atomic mass is 32.2. The third-order valence-corrected chi connectivity index (χ3v) is 6.28. The van der Waals surface area contributed by atoms with Crippen molar-refractivity contribution in [1.29, 1.82) is 0 Å². The lowest BCUT2D eigenvalue weighted by Crippen LogP contribution is -2.51. The van der Waals surface area contributed by atoms with Gasteiger partial charge in [0, 0.05) is 32.2 Å². The Labute approximate surface area is 162 Å². The highest BCUT2D eigenvalue weighted by molar-refractivity contribution is 7.89. The van der Waals surface area contributed by atoms with Gasteiger partial charge in [0.25, 0.3) is 17.2 Å². The molecular weight excluding hydrogens is 414 g/mol. The summed E-state index contributed by atoms with van der Waals surface area (Å²) in [5, 5.41) is 10.8. The summed E-state index contributed by atoms with van der Waals surface area (Å²) in [4.78, 5) is 36.9. The molecule has 1 aromatic heterocycles. The first-order valence-corrected chi connectivity index (χ1v) is 9.67. The standard InChI is InChI=1S/C16H14F2N4O6S/c17-10-1-2-13(18)14(7-10)29(27,28)21-5-3-20(4-6-21)16(24)12-8-11(22(25)26)9-19-15(12)23/h1-2,7-9H,3-6H2,(H,19,23). The van der Waals surface area contributed by atoms with Crippen LogP contribution < -0.4 is 5.56 Å². The zero-order chi connectivity index (χ0) is 21.3. The van der Waals surface area contributed by atoms with Crippen LogP contribution in [0.4, 0.5) is 14.5 Å².